The largest absolute Gasteiger partial charge is 0.491 e. The number of carbonyl (C=O) groups excluding carboxylic acids is 1. The fraction of sp³-hybridized carbons (Fsp3) is 0.294. The minimum Gasteiger partial charge on any atom is -0.491 e. The van der Waals surface area contributed by atoms with E-state index in [4.69, 9.17) is 4.74 Å². The monoisotopic (exact) mass is 284 g/mol. The standard InChI is InChI=1S/C17H20N2O2/c1-4-19-12-11-16(18-19)17(20)10-7-14-5-8-15(9-6-14)21-13(2)3/h5-13H,4H2,1-3H3/b10-7+. The first-order chi connectivity index (χ1) is 10.1. The van der Waals surface area contributed by atoms with Crippen LogP contribution >= 0.6 is 0 Å². The van der Waals surface area contributed by atoms with Gasteiger partial charge in [-0.05, 0) is 50.6 Å². The highest BCUT2D eigenvalue weighted by molar-refractivity contribution is 6.05. The van der Waals surface area contributed by atoms with Crippen molar-refractivity contribution in [3.8, 4) is 5.75 Å². The first kappa shape index (κ1) is 15.0. The van der Waals surface area contributed by atoms with E-state index in [1.807, 2.05) is 45.0 Å². The first-order valence-electron chi connectivity index (χ1n) is 7.11. The number of nitrogens with zero attached hydrogens (tertiary/aromatic N) is 2. The van der Waals surface area contributed by atoms with Crippen LogP contribution in [-0.4, -0.2) is 21.7 Å². The Morgan fingerprint density at radius 1 is 1.29 bits per heavy atom. The fourth-order valence-corrected chi connectivity index (χ4v) is 1.86. The van der Waals surface area contributed by atoms with Crippen LogP contribution in [-0.2, 0) is 6.54 Å². The molecule has 0 fully saturated rings. The van der Waals surface area contributed by atoms with Crippen LogP contribution in [0.3, 0.4) is 0 Å². The van der Waals surface area contributed by atoms with Gasteiger partial charge in [0.1, 0.15) is 11.4 Å². The second-order valence-corrected chi connectivity index (χ2v) is 4.99. The van der Waals surface area contributed by atoms with Gasteiger partial charge in [-0.15, -0.1) is 0 Å². The summed E-state index contributed by atoms with van der Waals surface area (Å²) in [5.41, 5.74) is 1.42. The van der Waals surface area contributed by atoms with Crippen LogP contribution in [0.25, 0.3) is 6.08 Å². The van der Waals surface area contributed by atoms with Gasteiger partial charge in [0.25, 0.3) is 0 Å². The summed E-state index contributed by atoms with van der Waals surface area (Å²) in [5.74, 6) is 0.736. The number of rotatable bonds is 6. The van der Waals surface area contributed by atoms with Gasteiger partial charge in [-0.1, -0.05) is 18.2 Å². The molecule has 110 valence electrons. The number of hydrogen-bond donors (Lipinski definition) is 0. The molecule has 4 nitrogen and oxygen atoms in total. The number of benzene rings is 1. The molecule has 0 N–H and O–H groups in total. The molecule has 0 atom stereocenters. The van der Waals surface area contributed by atoms with E-state index < -0.39 is 0 Å². The fourth-order valence-electron chi connectivity index (χ4n) is 1.86. The third kappa shape index (κ3) is 4.31. The van der Waals surface area contributed by atoms with Gasteiger partial charge in [0.05, 0.1) is 6.10 Å². The molecule has 0 saturated heterocycles. The van der Waals surface area contributed by atoms with Crippen molar-refractivity contribution in [3.05, 3.63) is 53.9 Å². The Kier molecular flexibility index (Phi) is 4.93. The predicted octanol–water partition coefficient (Wildman–Crippen LogP) is 3.59. The number of carbonyl (C=O) groups is 1. The highest BCUT2D eigenvalue weighted by atomic mass is 16.5. The number of ketones is 1. The van der Waals surface area contributed by atoms with E-state index in [2.05, 4.69) is 5.10 Å². The molecular weight excluding hydrogens is 264 g/mol. The molecule has 2 rings (SSSR count). The Morgan fingerprint density at radius 2 is 2.00 bits per heavy atom. The van der Waals surface area contributed by atoms with Crippen molar-refractivity contribution in [2.75, 3.05) is 0 Å². The highest BCUT2D eigenvalue weighted by Gasteiger charge is 2.05. The van der Waals surface area contributed by atoms with E-state index in [1.165, 1.54) is 0 Å². The topological polar surface area (TPSA) is 44.1 Å². The van der Waals surface area contributed by atoms with Crippen LogP contribution in [0.15, 0.2) is 42.6 Å². The second kappa shape index (κ2) is 6.88. The van der Waals surface area contributed by atoms with E-state index in [0.29, 0.717) is 5.69 Å². The minimum absolute atomic E-state index is 0.0929. The lowest BCUT2D eigenvalue weighted by Gasteiger charge is -2.09. The SMILES string of the molecule is CCn1ccc(C(=O)/C=C/c2ccc(OC(C)C)cc2)n1. The summed E-state index contributed by atoms with van der Waals surface area (Å²) in [4.78, 5) is 12.0. The summed E-state index contributed by atoms with van der Waals surface area (Å²) in [6.45, 7) is 6.72. The van der Waals surface area contributed by atoms with E-state index in [-0.39, 0.29) is 11.9 Å². The zero-order valence-corrected chi connectivity index (χ0v) is 12.6. The third-order valence-electron chi connectivity index (χ3n) is 2.90. The van der Waals surface area contributed by atoms with Crippen LogP contribution in [0.5, 0.6) is 5.75 Å². The van der Waals surface area contributed by atoms with Crippen molar-refractivity contribution in [2.45, 2.75) is 33.4 Å². The van der Waals surface area contributed by atoms with E-state index in [1.54, 1.807) is 29.1 Å². The Morgan fingerprint density at radius 3 is 2.57 bits per heavy atom. The molecular formula is C17H20N2O2. The van der Waals surface area contributed by atoms with Gasteiger partial charge in [0, 0.05) is 12.7 Å². The number of allylic oxidation sites excluding steroid dienone is 1. The molecule has 0 aliphatic heterocycles. The maximum atomic E-state index is 12.0. The van der Waals surface area contributed by atoms with Crippen molar-refractivity contribution in [1.82, 2.24) is 9.78 Å². The summed E-state index contributed by atoms with van der Waals surface area (Å²) in [6.07, 6.45) is 5.29. The van der Waals surface area contributed by atoms with Crippen LogP contribution in [0.1, 0.15) is 36.8 Å². The molecule has 1 heterocycles. The molecule has 0 spiro atoms. The Bertz CT molecular complexity index is 624. The van der Waals surface area contributed by atoms with Crippen molar-refractivity contribution < 1.29 is 9.53 Å². The van der Waals surface area contributed by atoms with Crippen molar-refractivity contribution in [1.29, 1.82) is 0 Å². The van der Waals surface area contributed by atoms with Crippen molar-refractivity contribution >= 4 is 11.9 Å². The van der Waals surface area contributed by atoms with Gasteiger partial charge in [0.2, 0.25) is 5.78 Å². The van der Waals surface area contributed by atoms with Gasteiger partial charge in [0.15, 0.2) is 0 Å². The Balaban J connectivity index is 2.01. The lowest BCUT2D eigenvalue weighted by atomic mass is 10.1. The van der Waals surface area contributed by atoms with Crippen LogP contribution in [0.4, 0.5) is 0 Å². The molecule has 0 radical (unpaired) electrons. The van der Waals surface area contributed by atoms with Gasteiger partial charge in [-0.25, -0.2) is 0 Å². The minimum atomic E-state index is -0.0929. The van der Waals surface area contributed by atoms with E-state index in [9.17, 15) is 4.79 Å². The molecule has 0 bridgehead atoms. The molecule has 0 aliphatic carbocycles. The van der Waals surface area contributed by atoms with E-state index in [0.717, 1.165) is 17.9 Å². The predicted molar refractivity (Wildman–Crippen MR) is 83.5 cm³/mol. The summed E-state index contributed by atoms with van der Waals surface area (Å²) >= 11 is 0. The van der Waals surface area contributed by atoms with Crippen LogP contribution in [0, 0.1) is 0 Å². The second-order valence-electron chi connectivity index (χ2n) is 4.99. The maximum absolute atomic E-state index is 12.0. The van der Waals surface area contributed by atoms with Gasteiger partial charge >= 0.3 is 0 Å². The molecule has 0 aliphatic rings. The molecule has 0 unspecified atom stereocenters. The van der Waals surface area contributed by atoms with Gasteiger partial charge in [-0.2, -0.15) is 5.10 Å². The smallest absolute Gasteiger partial charge is 0.206 e. The average molecular weight is 284 g/mol. The number of hydrogen-bond acceptors (Lipinski definition) is 3. The van der Waals surface area contributed by atoms with Gasteiger partial charge in [-0.3, -0.25) is 9.48 Å². The lowest BCUT2D eigenvalue weighted by Crippen LogP contribution is -2.05. The molecule has 1 aromatic heterocycles. The Labute approximate surface area is 125 Å². The summed E-state index contributed by atoms with van der Waals surface area (Å²) in [5, 5.41) is 4.18. The zero-order valence-electron chi connectivity index (χ0n) is 12.6. The normalized spacial score (nSPS) is 11.2. The quantitative estimate of drug-likeness (QED) is 0.601. The number of aryl methyl sites for hydroxylation is 1. The molecule has 0 amide bonds. The summed E-state index contributed by atoms with van der Waals surface area (Å²) < 4.78 is 7.31. The van der Waals surface area contributed by atoms with Crippen LogP contribution in [0.2, 0.25) is 0 Å². The van der Waals surface area contributed by atoms with Crippen molar-refractivity contribution in [3.63, 3.8) is 0 Å². The molecule has 1 aromatic carbocycles. The van der Waals surface area contributed by atoms with Gasteiger partial charge < -0.3 is 4.74 Å². The van der Waals surface area contributed by atoms with Crippen molar-refractivity contribution in [2.24, 2.45) is 0 Å². The summed E-state index contributed by atoms with van der Waals surface area (Å²) in [7, 11) is 0. The summed E-state index contributed by atoms with van der Waals surface area (Å²) in [6, 6.07) is 9.37. The number of ether oxygens (including phenoxy) is 1. The third-order valence-corrected chi connectivity index (χ3v) is 2.90. The average Bonchev–Trinajstić information content (AvgIpc) is 2.94. The van der Waals surface area contributed by atoms with Crippen LogP contribution < -0.4 is 4.74 Å². The zero-order chi connectivity index (χ0) is 15.2. The maximum Gasteiger partial charge on any atom is 0.206 e. The molecule has 2 aromatic rings. The van der Waals surface area contributed by atoms with E-state index >= 15 is 0 Å². The number of aromatic nitrogens is 2. The molecule has 0 saturated carbocycles. The Hall–Kier alpha value is -2.36. The molecule has 4 heteroatoms. The first-order valence-corrected chi connectivity index (χ1v) is 7.11. The lowest BCUT2D eigenvalue weighted by molar-refractivity contribution is 0.104. The highest BCUT2D eigenvalue weighted by Crippen LogP contribution is 2.15. The molecule has 21 heavy (non-hydrogen) atoms.